The number of halogens is 1. The molecule has 0 aliphatic carbocycles. The van der Waals surface area contributed by atoms with E-state index in [2.05, 4.69) is 15.7 Å². The summed E-state index contributed by atoms with van der Waals surface area (Å²) in [5, 5.41) is 10.3. The van der Waals surface area contributed by atoms with E-state index in [1.807, 2.05) is 26.0 Å². The highest BCUT2D eigenvalue weighted by Crippen LogP contribution is 2.24. The molecule has 0 bridgehead atoms. The molecular weight excluding hydrogens is 406 g/mol. The fourth-order valence-corrected chi connectivity index (χ4v) is 3.86. The van der Waals surface area contributed by atoms with Gasteiger partial charge < -0.3 is 15.5 Å². The van der Waals surface area contributed by atoms with E-state index in [4.69, 9.17) is 11.6 Å². The van der Waals surface area contributed by atoms with Gasteiger partial charge in [-0.2, -0.15) is 5.10 Å². The molecule has 1 unspecified atom stereocenters. The van der Waals surface area contributed by atoms with E-state index < -0.39 is 6.04 Å². The Morgan fingerprint density at radius 1 is 1.23 bits per heavy atom. The zero-order chi connectivity index (χ0) is 21.8. The van der Waals surface area contributed by atoms with Crippen molar-refractivity contribution in [3.8, 4) is 5.69 Å². The highest BCUT2D eigenvalue weighted by atomic mass is 35.5. The van der Waals surface area contributed by atoms with Gasteiger partial charge in [0.2, 0.25) is 11.8 Å². The maximum absolute atomic E-state index is 12.8. The third kappa shape index (κ3) is 4.48. The topological polar surface area (TPSA) is 96.3 Å². The average Bonchev–Trinajstić information content (AvgIpc) is 3.39. The lowest BCUT2D eigenvalue weighted by molar-refractivity contribution is -0.137. The quantitative estimate of drug-likeness (QED) is 0.732. The maximum atomic E-state index is 12.8. The lowest BCUT2D eigenvalue weighted by Gasteiger charge is -2.23. The van der Waals surface area contributed by atoms with Crippen LogP contribution < -0.4 is 10.6 Å². The number of nitrogens with one attached hydrogen (secondary N) is 2. The molecule has 30 heavy (non-hydrogen) atoms. The molecule has 2 heterocycles. The fourth-order valence-electron chi connectivity index (χ4n) is 3.73. The van der Waals surface area contributed by atoms with Crippen LogP contribution in [0.25, 0.3) is 5.69 Å². The number of carbonyl (C=O) groups excluding carboxylic acids is 3. The number of hydrogen-bond donors (Lipinski definition) is 2. The first-order valence-corrected chi connectivity index (χ1v) is 10.3. The summed E-state index contributed by atoms with van der Waals surface area (Å²) in [6.07, 6.45) is 2.90. The first kappa shape index (κ1) is 21.8. The van der Waals surface area contributed by atoms with Gasteiger partial charge in [-0.25, -0.2) is 4.68 Å². The van der Waals surface area contributed by atoms with Gasteiger partial charge in [-0.05, 0) is 43.0 Å². The Labute approximate surface area is 180 Å². The molecule has 1 aromatic carbocycles. The highest BCUT2D eigenvalue weighted by molar-refractivity contribution is 6.30. The minimum Gasteiger partial charge on any atom is -0.357 e. The highest BCUT2D eigenvalue weighted by Gasteiger charge is 2.33. The standard InChI is InChI=1S/C21H26ClN5O3/c1-13(2)19-16(11-25-27(19)15-8-6-14(22)7-9-15)20(29)24-12-18(28)26-10-4-5-17(26)21(30)23-3/h6-9,11,13,17H,4-5,10,12H2,1-3H3,(H,23,30)(H,24,29). The smallest absolute Gasteiger partial charge is 0.255 e. The predicted octanol–water partition coefficient (Wildman–Crippen LogP) is 2.12. The summed E-state index contributed by atoms with van der Waals surface area (Å²) in [5.74, 6) is -0.803. The molecule has 3 rings (SSSR count). The van der Waals surface area contributed by atoms with Gasteiger partial charge in [0, 0.05) is 18.6 Å². The molecule has 0 spiro atoms. The number of rotatable bonds is 6. The van der Waals surface area contributed by atoms with Crippen LogP contribution in [0, 0.1) is 0 Å². The minimum atomic E-state index is -0.474. The molecule has 1 aliphatic heterocycles. The summed E-state index contributed by atoms with van der Waals surface area (Å²) in [5.41, 5.74) is 1.95. The van der Waals surface area contributed by atoms with Gasteiger partial charge in [0.05, 0.1) is 29.7 Å². The predicted molar refractivity (Wildman–Crippen MR) is 114 cm³/mol. The molecule has 1 fully saturated rings. The number of likely N-dealkylation sites (N-methyl/N-ethyl adjacent to an activating group) is 1. The van der Waals surface area contributed by atoms with Crippen molar-refractivity contribution in [2.75, 3.05) is 20.1 Å². The lowest BCUT2D eigenvalue weighted by Crippen LogP contribution is -2.48. The van der Waals surface area contributed by atoms with E-state index >= 15 is 0 Å². The summed E-state index contributed by atoms with van der Waals surface area (Å²) < 4.78 is 1.71. The van der Waals surface area contributed by atoms with Gasteiger partial charge in [-0.1, -0.05) is 25.4 Å². The molecule has 0 saturated carbocycles. The Bertz CT molecular complexity index is 939. The second-order valence-electron chi connectivity index (χ2n) is 7.53. The van der Waals surface area contributed by atoms with Crippen molar-refractivity contribution in [3.63, 3.8) is 0 Å². The van der Waals surface area contributed by atoms with Crippen LogP contribution in [0.4, 0.5) is 0 Å². The van der Waals surface area contributed by atoms with E-state index in [0.29, 0.717) is 23.6 Å². The van der Waals surface area contributed by atoms with Crippen molar-refractivity contribution in [1.82, 2.24) is 25.3 Å². The van der Waals surface area contributed by atoms with Gasteiger partial charge in [0.15, 0.2) is 0 Å². The van der Waals surface area contributed by atoms with E-state index in [1.54, 1.807) is 23.9 Å². The van der Waals surface area contributed by atoms with E-state index in [-0.39, 0.29) is 30.2 Å². The van der Waals surface area contributed by atoms with Crippen molar-refractivity contribution >= 4 is 29.3 Å². The lowest BCUT2D eigenvalue weighted by atomic mass is 10.0. The first-order chi connectivity index (χ1) is 14.3. The summed E-state index contributed by atoms with van der Waals surface area (Å²) in [6.45, 7) is 4.29. The second kappa shape index (κ2) is 9.30. The summed E-state index contributed by atoms with van der Waals surface area (Å²) >= 11 is 5.97. The van der Waals surface area contributed by atoms with Crippen LogP contribution >= 0.6 is 11.6 Å². The van der Waals surface area contributed by atoms with Gasteiger partial charge in [-0.15, -0.1) is 0 Å². The molecule has 1 aliphatic rings. The average molecular weight is 432 g/mol. The molecule has 160 valence electrons. The van der Waals surface area contributed by atoms with Gasteiger partial charge >= 0.3 is 0 Å². The fraction of sp³-hybridized carbons (Fsp3) is 0.429. The van der Waals surface area contributed by atoms with Crippen LogP contribution in [0.15, 0.2) is 30.5 Å². The number of nitrogens with zero attached hydrogens (tertiary/aromatic N) is 3. The molecule has 1 saturated heterocycles. The maximum Gasteiger partial charge on any atom is 0.255 e. The molecule has 8 nitrogen and oxygen atoms in total. The molecule has 9 heteroatoms. The minimum absolute atomic E-state index is 0.0239. The first-order valence-electron chi connectivity index (χ1n) is 9.96. The second-order valence-corrected chi connectivity index (χ2v) is 7.96. The molecular formula is C21H26ClN5O3. The third-order valence-corrected chi connectivity index (χ3v) is 5.44. The van der Waals surface area contributed by atoms with Crippen LogP contribution in [0.3, 0.4) is 0 Å². The van der Waals surface area contributed by atoms with E-state index in [9.17, 15) is 14.4 Å². The zero-order valence-electron chi connectivity index (χ0n) is 17.3. The van der Waals surface area contributed by atoms with Crippen molar-refractivity contribution in [3.05, 3.63) is 46.7 Å². The zero-order valence-corrected chi connectivity index (χ0v) is 18.1. The SMILES string of the molecule is CNC(=O)C1CCCN1C(=O)CNC(=O)c1cnn(-c2ccc(Cl)cc2)c1C(C)C. The molecule has 2 N–H and O–H groups in total. The van der Waals surface area contributed by atoms with Crippen LogP contribution in [0.5, 0.6) is 0 Å². The number of amides is 3. The van der Waals surface area contributed by atoms with Crippen LogP contribution in [0.1, 0.15) is 48.7 Å². The van der Waals surface area contributed by atoms with Crippen LogP contribution in [-0.2, 0) is 9.59 Å². The number of hydrogen-bond acceptors (Lipinski definition) is 4. The third-order valence-electron chi connectivity index (χ3n) is 5.19. The van der Waals surface area contributed by atoms with Crippen LogP contribution in [-0.4, -0.2) is 58.6 Å². The Morgan fingerprint density at radius 3 is 2.57 bits per heavy atom. The largest absolute Gasteiger partial charge is 0.357 e. The molecule has 3 amide bonds. The van der Waals surface area contributed by atoms with Crippen molar-refractivity contribution < 1.29 is 14.4 Å². The van der Waals surface area contributed by atoms with Gasteiger partial charge in [0.25, 0.3) is 5.91 Å². The summed E-state index contributed by atoms with van der Waals surface area (Å²) in [7, 11) is 1.55. The normalized spacial score (nSPS) is 16.0. The van der Waals surface area contributed by atoms with E-state index in [0.717, 1.165) is 17.8 Å². The number of benzene rings is 1. The molecule has 0 radical (unpaired) electrons. The van der Waals surface area contributed by atoms with Crippen molar-refractivity contribution in [2.45, 2.75) is 38.6 Å². The molecule has 1 aromatic heterocycles. The van der Waals surface area contributed by atoms with E-state index in [1.165, 1.54) is 11.1 Å². The molecule has 1 atom stereocenters. The Balaban J connectivity index is 1.73. The Morgan fingerprint density at radius 2 is 1.93 bits per heavy atom. The van der Waals surface area contributed by atoms with Crippen LogP contribution in [0.2, 0.25) is 5.02 Å². The van der Waals surface area contributed by atoms with Gasteiger partial charge in [0.1, 0.15) is 6.04 Å². The number of likely N-dealkylation sites (tertiary alicyclic amines) is 1. The van der Waals surface area contributed by atoms with Gasteiger partial charge in [-0.3, -0.25) is 14.4 Å². The Hall–Kier alpha value is -2.87. The summed E-state index contributed by atoms with van der Waals surface area (Å²) in [6, 6.07) is 6.72. The number of aromatic nitrogens is 2. The van der Waals surface area contributed by atoms with Crippen molar-refractivity contribution in [2.24, 2.45) is 0 Å². The van der Waals surface area contributed by atoms with Crippen molar-refractivity contribution in [1.29, 1.82) is 0 Å². The Kier molecular flexibility index (Phi) is 6.77. The monoisotopic (exact) mass is 431 g/mol. The summed E-state index contributed by atoms with van der Waals surface area (Å²) in [4.78, 5) is 38.9. The number of carbonyl (C=O) groups is 3. The molecule has 2 aromatic rings.